The first-order chi connectivity index (χ1) is 18.8. The van der Waals surface area contributed by atoms with E-state index in [4.69, 9.17) is 34.8 Å². The predicted octanol–water partition coefficient (Wildman–Crippen LogP) is 5.89. The van der Waals surface area contributed by atoms with E-state index in [0.717, 1.165) is 21.7 Å². The lowest BCUT2D eigenvalue weighted by atomic mass is 10.0. The van der Waals surface area contributed by atoms with E-state index >= 15 is 0 Å². The fraction of sp³-hybridized carbons (Fsp3) is 0.310. The predicted molar refractivity (Wildman–Crippen MR) is 163 cm³/mol. The number of rotatable bonds is 11. The van der Waals surface area contributed by atoms with E-state index in [1.807, 2.05) is 44.2 Å². The van der Waals surface area contributed by atoms with Gasteiger partial charge in [-0.3, -0.25) is 13.9 Å². The third kappa shape index (κ3) is 8.61. The lowest BCUT2D eigenvalue weighted by Crippen LogP contribution is -2.54. The van der Waals surface area contributed by atoms with Crippen LogP contribution < -0.4 is 9.62 Å². The van der Waals surface area contributed by atoms with Crippen LogP contribution in [0.2, 0.25) is 15.1 Å². The number of carbonyl (C=O) groups is 2. The Hall–Kier alpha value is -2.78. The molecule has 214 valence electrons. The van der Waals surface area contributed by atoms with Gasteiger partial charge in [-0.1, -0.05) is 77.3 Å². The fourth-order valence-corrected chi connectivity index (χ4v) is 5.60. The number of hydrogen-bond acceptors (Lipinski definition) is 4. The van der Waals surface area contributed by atoms with Crippen LogP contribution in [-0.4, -0.2) is 50.0 Å². The van der Waals surface area contributed by atoms with E-state index in [2.05, 4.69) is 5.32 Å². The number of hydrogen-bond donors (Lipinski definition) is 1. The Balaban J connectivity index is 2.09. The summed E-state index contributed by atoms with van der Waals surface area (Å²) in [7, 11) is -3.90. The Morgan fingerprint density at radius 3 is 2.17 bits per heavy atom. The average Bonchev–Trinajstić information content (AvgIpc) is 2.87. The first kappa shape index (κ1) is 31.7. The van der Waals surface area contributed by atoms with Crippen LogP contribution in [0.4, 0.5) is 5.69 Å². The number of benzene rings is 3. The molecule has 0 fully saturated rings. The summed E-state index contributed by atoms with van der Waals surface area (Å²) in [6.45, 7) is 4.84. The van der Waals surface area contributed by atoms with Crippen molar-refractivity contribution >= 4 is 62.3 Å². The van der Waals surface area contributed by atoms with Crippen molar-refractivity contribution in [3.05, 3.63) is 98.5 Å². The number of sulfonamides is 1. The summed E-state index contributed by atoms with van der Waals surface area (Å²) in [4.78, 5) is 29.0. The summed E-state index contributed by atoms with van der Waals surface area (Å²) in [5.41, 5.74) is 2.38. The largest absolute Gasteiger partial charge is 0.352 e. The molecule has 0 aliphatic heterocycles. The molecule has 0 aliphatic rings. The van der Waals surface area contributed by atoms with Gasteiger partial charge >= 0.3 is 0 Å². The molecule has 0 spiro atoms. The zero-order chi connectivity index (χ0) is 29.6. The minimum absolute atomic E-state index is 0.0515. The molecule has 0 heterocycles. The molecule has 7 nitrogen and oxygen atoms in total. The zero-order valence-electron chi connectivity index (χ0n) is 22.7. The van der Waals surface area contributed by atoms with E-state index in [1.54, 1.807) is 37.3 Å². The SMILES string of the molecule is Cc1ccc(N(CC(=O)N(Cc2ccc(Cl)cc2Cl)[C@H](Cc2ccccc2)C(=O)NC(C)C)S(C)(=O)=O)cc1Cl. The van der Waals surface area contributed by atoms with Gasteiger partial charge in [0.05, 0.1) is 11.9 Å². The Kier molecular flexibility index (Phi) is 10.9. The van der Waals surface area contributed by atoms with Gasteiger partial charge in [-0.05, 0) is 61.7 Å². The van der Waals surface area contributed by atoms with Gasteiger partial charge in [0.25, 0.3) is 0 Å². The lowest BCUT2D eigenvalue weighted by Gasteiger charge is -2.34. The van der Waals surface area contributed by atoms with Crippen LogP contribution in [0.15, 0.2) is 66.7 Å². The minimum atomic E-state index is -3.90. The molecule has 3 aromatic rings. The third-order valence-electron chi connectivity index (χ3n) is 6.18. The molecule has 3 aromatic carbocycles. The van der Waals surface area contributed by atoms with Gasteiger partial charge in [0, 0.05) is 34.1 Å². The first-order valence-corrected chi connectivity index (χ1v) is 15.6. The van der Waals surface area contributed by atoms with Crippen LogP contribution in [0.25, 0.3) is 0 Å². The second-order valence-corrected chi connectivity index (χ2v) is 13.0. The summed E-state index contributed by atoms with van der Waals surface area (Å²) >= 11 is 18.8. The number of halogens is 3. The maximum Gasteiger partial charge on any atom is 0.244 e. The summed E-state index contributed by atoms with van der Waals surface area (Å²) in [5.74, 6) is -0.963. The van der Waals surface area contributed by atoms with Crippen molar-refractivity contribution in [2.75, 3.05) is 17.1 Å². The van der Waals surface area contributed by atoms with E-state index in [9.17, 15) is 18.0 Å². The van der Waals surface area contributed by atoms with Crippen molar-refractivity contribution in [2.24, 2.45) is 0 Å². The maximum atomic E-state index is 14.1. The molecule has 40 heavy (non-hydrogen) atoms. The van der Waals surface area contributed by atoms with Gasteiger partial charge in [0.15, 0.2) is 0 Å². The number of nitrogens with one attached hydrogen (secondary N) is 1. The highest BCUT2D eigenvalue weighted by molar-refractivity contribution is 7.92. The van der Waals surface area contributed by atoms with Crippen LogP contribution in [0.1, 0.15) is 30.5 Å². The molecule has 0 unspecified atom stereocenters. The molecule has 0 saturated heterocycles. The number of amides is 2. The molecule has 3 rings (SSSR count). The number of aryl methyl sites for hydroxylation is 1. The highest BCUT2D eigenvalue weighted by atomic mass is 35.5. The third-order valence-corrected chi connectivity index (χ3v) is 8.32. The number of carbonyl (C=O) groups excluding carboxylic acids is 2. The Bertz CT molecular complexity index is 1470. The lowest BCUT2D eigenvalue weighted by molar-refractivity contribution is -0.140. The summed E-state index contributed by atoms with van der Waals surface area (Å²) in [6, 6.07) is 17.8. The summed E-state index contributed by atoms with van der Waals surface area (Å²) < 4.78 is 26.7. The summed E-state index contributed by atoms with van der Waals surface area (Å²) in [6.07, 6.45) is 1.22. The topological polar surface area (TPSA) is 86.8 Å². The van der Waals surface area contributed by atoms with Crippen molar-refractivity contribution in [3.8, 4) is 0 Å². The van der Waals surface area contributed by atoms with Gasteiger partial charge < -0.3 is 10.2 Å². The van der Waals surface area contributed by atoms with Crippen LogP contribution >= 0.6 is 34.8 Å². The molecule has 1 N–H and O–H groups in total. The van der Waals surface area contributed by atoms with Gasteiger partial charge in [0.2, 0.25) is 21.8 Å². The molecule has 0 radical (unpaired) electrons. The van der Waals surface area contributed by atoms with Crippen LogP contribution in [-0.2, 0) is 32.6 Å². The average molecular weight is 625 g/mol. The number of anilines is 1. The zero-order valence-corrected chi connectivity index (χ0v) is 25.8. The molecule has 11 heteroatoms. The van der Waals surface area contributed by atoms with E-state index in [-0.39, 0.29) is 30.6 Å². The van der Waals surface area contributed by atoms with Crippen LogP contribution in [0, 0.1) is 6.92 Å². The molecular formula is C29H32Cl3N3O4S. The van der Waals surface area contributed by atoms with Gasteiger partial charge in [0.1, 0.15) is 12.6 Å². The smallest absolute Gasteiger partial charge is 0.244 e. The van der Waals surface area contributed by atoms with Crippen molar-refractivity contribution in [1.82, 2.24) is 10.2 Å². The van der Waals surface area contributed by atoms with Crippen LogP contribution in [0.3, 0.4) is 0 Å². The quantitative estimate of drug-likeness (QED) is 0.289. The molecular weight excluding hydrogens is 593 g/mol. The Morgan fingerprint density at radius 2 is 1.60 bits per heavy atom. The molecule has 0 aliphatic carbocycles. The van der Waals surface area contributed by atoms with Gasteiger partial charge in [-0.25, -0.2) is 8.42 Å². The van der Waals surface area contributed by atoms with E-state index < -0.39 is 28.5 Å². The van der Waals surface area contributed by atoms with Crippen molar-refractivity contribution in [3.63, 3.8) is 0 Å². The van der Waals surface area contributed by atoms with Crippen molar-refractivity contribution in [1.29, 1.82) is 0 Å². The Morgan fingerprint density at radius 1 is 0.925 bits per heavy atom. The Labute approximate surface area is 251 Å². The van der Waals surface area contributed by atoms with E-state index in [0.29, 0.717) is 20.6 Å². The van der Waals surface area contributed by atoms with Crippen LogP contribution in [0.5, 0.6) is 0 Å². The number of nitrogens with zero attached hydrogens (tertiary/aromatic N) is 2. The minimum Gasteiger partial charge on any atom is -0.352 e. The normalized spacial score (nSPS) is 12.2. The van der Waals surface area contributed by atoms with Crippen molar-refractivity contribution < 1.29 is 18.0 Å². The molecule has 0 bridgehead atoms. The highest BCUT2D eigenvalue weighted by Gasteiger charge is 2.33. The molecule has 0 aromatic heterocycles. The highest BCUT2D eigenvalue weighted by Crippen LogP contribution is 2.27. The molecule has 2 amide bonds. The van der Waals surface area contributed by atoms with Crippen molar-refractivity contribution in [2.45, 2.75) is 45.8 Å². The second-order valence-electron chi connectivity index (χ2n) is 9.83. The first-order valence-electron chi connectivity index (χ1n) is 12.6. The fourth-order valence-electron chi connectivity index (χ4n) is 4.12. The summed E-state index contributed by atoms with van der Waals surface area (Å²) in [5, 5.41) is 4.00. The van der Waals surface area contributed by atoms with Gasteiger partial charge in [-0.15, -0.1) is 0 Å². The monoisotopic (exact) mass is 623 g/mol. The standard InChI is InChI=1S/C29H32Cl3N3O4S/c1-19(2)33-29(37)27(14-21-8-6-5-7-9-21)34(17-22-11-12-23(30)15-26(22)32)28(36)18-35(40(4,38)39)24-13-10-20(3)25(31)16-24/h5-13,15-16,19,27H,14,17-18H2,1-4H3,(H,33,37)/t27-/m1/s1. The van der Waals surface area contributed by atoms with Gasteiger partial charge in [-0.2, -0.15) is 0 Å². The van der Waals surface area contributed by atoms with E-state index in [1.165, 1.54) is 11.0 Å². The molecule has 1 atom stereocenters. The second kappa shape index (κ2) is 13.7. The maximum absolute atomic E-state index is 14.1. The molecule has 0 saturated carbocycles.